The summed E-state index contributed by atoms with van der Waals surface area (Å²) < 4.78 is 26.2. The van der Waals surface area contributed by atoms with E-state index in [9.17, 15) is 13.6 Å². The predicted octanol–water partition coefficient (Wildman–Crippen LogP) is 2.97. The van der Waals surface area contributed by atoms with Crippen LogP contribution in [0.1, 0.15) is 25.0 Å². The number of hydrogen-bond donors (Lipinski definition) is 2. The summed E-state index contributed by atoms with van der Waals surface area (Å²) in [6.45, 7) is 3.52. The zero-order chi connectivity index (χ0) is 17.7. The van der Waals surface area contributed by atoms with Crippen molar-refractivity contribution in [3.05, 3.63) is 71.3 Å². The van der Waals surface area contributed by atoms with Gasteiger partial charge in [-0.05, 0) is 62.1 Å². The Morgan fingerprint density at radius 1 is 1.00 bits per heavy atom. The van der Waals surface area contributed by atoms with Crippen LogP contribution in [0.3, 0.4) is 0 Å². The van der Waals surface area contributed by atoms with Crippen molar-refractivity contribution in [1.82, 2.24) is 5.32 Å². The molecule has 0 fully saturated rings. The lowest BCUT2D eigenvalue weighted by Gasteiger charge is -2.32. The van der Waals surface area contributed by atoms with E-state index >= 15 is 0 Å². The summed E-state index contributed by atoms with van der Waals surface area (Å²) in [7, 11) is 0. The van der Waals surface area contributed by atoms with Crippen LogP contribution < -0.4 is 11.1 Å². The highest BCUT2D eigenvalue weighted by Gasteiger charge is 2.28. The first-order valence-electron chi connectivity index (χ1n) is 7.84. The first-order valence-corrected chi connectivity index (χ1v) is 7.84. The number of amides is 1. The number of nitrogens with two attached hydrogens (primary N) is 1. The Hall–Kier alpha value is -2.27. The molecule has 1 unspecified atom stereocenters. The lowest BCUT2D eigenvalue weighted by molar-refractivity contribution is -0.123. The first kappa shape index (κ1) is 18.1. The normalized spacial score (nSPS) is 12.7. The van der Waals surface area contributed by atoms with Gasteiger partial charge in [-0.2, -0.15) is 0 Å². The monoisotopic (exact) mass is 332 g/mol. The molecule has 3 N–H and O–H groups in total. The molecule has 0 heterocycles. The van der Waals surface area contributed by atoms with Gasteiger partial charge in [-0.1, -0.05) is 24.3 Å². The molecule has 1 atom stereocenters. The van der Waals surface area contributed by atoms with Crippen molar-refractivity contribution in [2.24, 2.45) is 5.73 Å². The fourth-order valence-corrected chi connectivity index (χ4v) is 2.67. The first-order chi connectivity index (χ1) is 11.3. The molecule has 0 saturated carbocycles. The molecule has 0 radical (unpaired) electrons. The van der Waals surface area contributed by atoms with Crippen molar-refractivity contribution < 1.29 is 13.6 Å². The maximum atomic E-state index is 13.1. The second kappa shape index (κ2) is 7.53. The van der Waals surface area contributed by atoms with Gasteiger partial charge in [0.05, 0.1) is 6.04 Å². The third kappa shape index (κ3) is 5.13. The fraction of sp³-hybridized carbons (Fsp3) is 0.316. The Labute approximate surface area is 140 Å². The van der Waals surface area contributed by atoms with E-state index in [2.05, 4.69) is 5.32 Å². The van der Waals surface area contributed by atoms with Crippen molar-refractivity contribution in [2.45, 2.75) is 38.3 Å². The Kier molecular flexibility index (Phi) is 5.67. The van der Waals surface area contributed by atoms with Crippen LogP contribution in [0.15, 0.2) is 48.5 Å². The van der Waals surface area contributed by atoms with Crippen LogP contribution in [0, 0.1) is 11.6 Å². The van der Waals surface area contributed by atoms with E-state index < -0.39 is 11.6 Å². The SMILES string of the molecule is CC(N)C(=O)NC(C)(Cc1ccc(F)cc1)Cc1ccc(F)cc1. The number of hydrogen-bond acceptors (Lipinski definition) is 2. The van der Waals surface area contributed by atoms with Crippen molar-refractivity contribution in [3.63, 3.8) is 0 Å². The predicted molar refractivity (Wildman–Crippen MR) is 90.4 cm³/mol. The number of carbonyl (C=O) groups is 1. The van der Waals surface area contributed by atoms with E-state index in [-0.39, 0.29) is 17.5 Å². The molecule has 0 aromatic heterocycles. The molecule has 3 nitrogen and oxygen atoms in total. The molecule has 2 aromatic carbocycles. The smallest absolute Gasteiger partial charge is 0.237 e. The minimum Gasteiger partial charge on any atom is -0.349 e. The van der Waals surface area contributed by atoms with Crippen LogP contribution in [0.25, 0.3) is 0 Å². The van der Waals surface area contributed by atoms with Gasteiger partial charge in [0, 0.05) is 5.54 Å². The minimum absolute atomic E-state index is 0.262. The summed E-state index contributed by atoms with van der Waals surface area (Å²) in [5.41, 5.74) is 6.82. The third-order valence-corrected chi connectivity index (χ3v) is 3.85. The van der Waals surface area contributed by atoms with Crippen molar-refractivity contribution in [1.29, 1.82) is 0 Å². The van der Waals surface area contributed by atoms with Crippen LogP contribution >= 0.6 is 0 Å². The standard InChI is InChI=1S/C19H22F2N2O/c1-13(22)18(24)23-19(2,11-14-3-7-16(20)8-4-14)12-15-5-9-17(21)10-6-15/h3-10,13H,11-12,22H2,1-2H3,(H,23,24). The Balaban J connectivity index is 2.23. The lowest BCUT2D eigenvalue weighted by atomic mass is 9.86. The molecule has 24 heavy (non-hydrogen) atoms. The molecule has 0 aliphatic carbocycles. The molecular weight excluding hydrogens is 310 g/mol. The van der Waals surface area contributed by atoms with Gasteiger partial charge >= 0.3 is 0 Å². The molecule has 0 aliphatic heterocycles. The van der Waals surface area contributed by atoms with Gasteiger partial charge < -0.3 is 11.1 Å². The number of halogens is 2. The van der Waals surface area contributed by atoms with E-state index in [4.69, 9.17) is 5.73 Å². The molecule has 0 aliphatic rings. The van der Waals surface area contributed by atoms with Crippen molar-refractivity contribution in [3.8, 4) is 0 Å². The number of carbonyl (C=O) groups excluding carboxylic acids is 1. The summed E-state index contributed by atoms with van der Waals surface area (Å²) in [5.74, 6) is -0.876. The zero-order valence-corrected chi connectivity index (χ0v) is 13.9. The van der Waals surface area contributed by atoms with E-state index in [0.29, 0.717) is 12.8 Å². The van der Waals surface area contributed by atoms with Gasteiger partial charge in [-0.15, -0.1) is 0 Å². The van der Waals surface area contributed by atoms with Gasteiger partial charge in [0.2, 0.25) is 5.91 Å². The summed E-state index contributed by atoms with van der Waals surface area (Å²) in [6, 6.07) is 11.7. The van der Waals surface area contributed by atoms with Crippen LogP contribution in [0.4, 0.5) is 8.78 Å². The highest BCUT2D eigenvalue weighted by atomic mass is 19.1. The zero-order valence-electron chi connectivity index (χ0n) is 13.9. The largest absolute Gasteiger partial charge is 0.349 e. The van der Waals surface area contributed by atoms with Gasteiger partial charge in [0.25, 0.3) is 0 Å². The molecule has 1 amide bonds. The van der Waals surface area contributed by atoms with E-state index in [0.717, 1.165) is 11.1 Å². The second-order valence-electron chi connectivity index (χ2n) is 6.45. The van der Waals surface area contributed by atoms with Crippen molar-refractivity contribution in [2.75, 3.05) is 0 Å². The highest BCUT2D eigenvalue weighted by Crippen LogP contribution is 2.20. The lowest BCUT2D eigenvalue weighted by Crippen LogP contribution is -2.53. The number of nitrogens with one attached hydrogen (secondary N) is 1. The molecule has 128 valence electrons. The van der Waals surface area contributed by atoms with Gasteiger partial charge in [0.15, 0.2) is 0 Å². The number of benzene rings is 2. The Morgan fingerprint density at radius 3 is 1.71 bits per heavy atom. The summed E-state index contributed by atoms with van der Waals surface area (Å²) in [4.78, 5) is 12.1. The molecule has 0 spiro atoms. The molecule has 0 saturated heterocycles. The maximum Gasteiger partial charge on any atom is 0.237 e. The van der Waals surface area contributed by atoms with Gasteiger partial charge in [-0.3, -0.25) is 4.79 Å². The van der Waals surface area contributed by atoms with E-state index in [1.165, 1.54) is 24.3 Å². The second-order valence-corrected chi connectivity index (χ2v) is 6.45. The summed E-state index contributed by atoms with van der Waals surface area (Å²) in [5, 5.41) is 2.97. The molecule has 2 aromatic rings. The molecule has 0 bridgehead atoms. The van der Waals surface area contributed by atoms with Crippen molar-refractivity contribution >= 4 is 5.91 Å². The van der Waals surface area contributed by atoms with E-state index in [1.807, 2.05) is 6.92 Å². The number of rotatable bonds is 6. The molecule has 2 rings (SSSR count). The third-order valence-electron chi connectivity index (χ3n) is 3.85. The van der Waals surface area contributed by atoms with E-state index in [1.54, 1.807) is 31.2 Å². The average molecular weight is 332 g/mol. The van der Waals surface area contributed by atoms with Crippen LogP contribution in [0.5, 0.6) is 0 Å². The average Bonchev–Trinajstić information content (AvgIpc) is 2.51. The van der Waals surface area contributed by atoms with Gasteiger partial charge in [0.1, 0.15) is 11.6 Å². The quantitative estimate of drug-likeness (QED) is 0.854. The highest BCUT2D eigenvalue weighted by molar-refractivity contribution is 5.81. The topological polar surface area (TPSA) is 55.1 Å². The van der Waals surface area contributed by atoms with Crippen LogP contribution in [0.2, 0.25) is 0 Å². The molecule has 5 heteroatoms. The summed E-state index contributed by atoms with van der Waals surface area (Å²) >= 11 is 0. The minimum atomic E-state index is -0.634. The maximum absolute atomic E-state index is 13.1. The Morgan fingerprint density at radius 2 is 1.38 bits per heavy atom. The van der Waals surface area contributed by atoms with Crippen LogP contribution in [-0.4, -0.2) is 17.5 Å². The van der Waals surface area contributed by atoms with Crippen LogP contribution in [-0.2, 0) is 17.6 Å². The molecular formula is C19H22F2N2O. The van der Waals surface area contributed by atoms with Gasteiger partial charge in [-0.25, -0.2) is 8.78 Å². The fourth-order valence-electron chi connectivity index (χ4n) is 2.67. The summed E-state index contributed by atoms with van der Waals surface area (Å²) in [6.07, 6.45) is 1.01. The Bertz CT molecular complexity index is 634.